The van der Waals surface area contributed by atoms with Crippen LogP contribution in [0, 0.1) is 6.92 Å². The van der Waals surface area contributed by atoms with Gasteiger partial charge in [0.05, 0.1) is 24.9 Å². The Labute approximate surface area is 119 Å². The maximum absolute atomic E-state index is 11.3. The Balaban J connectivity index is 2.06. The Morgan fingerprint density at radius 3 is 2.45 bits per heavy atom. The summed E-state index contributed by atoms with van der Waals surface area (Å²) in [6.45, 7) is 2.75. The fraction of sp³-hybridized carbons (Fsp3) is 0.250. The predicted octanol–water partition coefficient (Wildman–Crippen LogP) is 2.81. The number of anilines is 1. The van der Waals surface area contributed by atoms with Crippen LogP contribution in [0.2, 0.25) is 0 Å². The smallest absolute Gasteiger partial charge is 0.339 e. The Bertz CT molecular complexity index is 576. The Kier molecular flexibility index (Phi) is 4.35. The molecule has 0 amide bonds. The normalized spacial score (nSPS) is 10.2. The lowest BCUT2D eigenvalue weighted by molar-refractivity contribution is 0.0600. The SMILES string of the molecule is COC(=O)c1ccc(CN(C)c2ccc(C)cc2)nc1. The number of aryl methyl sites for hydroxylation is 1. The number of aromatic nitrogens is 1. The maximum atomic E-state index is 11.3. The van der Waals surface area contributed by atoms with Gasteiger partial charge < -0.3 is 9.64 Å². The molecule has 0 unspecified atom stereocenters. The van der Waals surface area contributed by atoms with Crippen molar-refractivity contribution in [3.8, 4) is 0 Å². The maximum Gasteiger partial charge on any atom is 0.339 e. The molecule has 0 atom stereocenters. The number of nitrogens with zero attached hydrogens (tertiary/aromatic N) is 2. The molecule has 0 saturated carbocycles. The molecule has 0 aliphatic rings. The van der Waals surface area contributed by atoms with Gasteiger partial charge in [-0.15, -0.1) is 0 Å². The molecule has 1 aromatic carbocycles. The van der Waals surface area contributed by atoms with Gasteiger partial charge >= 0.3 is 5.97 Å². The largest absolute Gasteiger partial charge is 0.465 e. The summed E-state index contributed by atoms with van der Waals surface area (Å²) in [6, 6.07) is 11.9. The number of hydrogen-bond acceptors (Lipinski definition) is 4. The zero-order valence-corrected chi connectivity index (χ0v) is 12.0. The second-order valence-corrected chi connectivity index (χ2v) is 4.72. The number of benzene rings is 1. The minimum Gasteiger partial charge on any atom is -0.465 e. The van der Waals surface area contributed by atoms with Crippen LogP contribution in [-0.4, -0.2) is 25.1 Å². The van der Waals surface area contributed by atoms with Crippen molar-refractivity contribution in [1.29, 1.82) is 0 Å². The number of esters is 1. The first kappa shape index (κ1) is 14.1. The van der Waals surface area contributed by atoms with Crippen molar-refractivity contribution in [1.82, 2.24) is 4.98 Å². The van der Waals surface area contributed by atoms with Crippen LogP contribution in [0.15, 0.2) is 42.6 Å². The molecule has 1 aromatic heterocycles. The van der Waals surface area contributed by atoms with Crippen LogP contribution in [0.25, 0.3) is 0 Å². The highest BCUT2D eigenvalue weighted by Crippen LogP contribution is 2.15. The highest BCUT2D eigenvalue weighted by atomic mass is 16.5. The number of rotatable bonds is 4. The van der Waals surface area contributed by atoms with E-state index in [1.165, 1.54) is 12.7 Å². The van der Waals surface area contributed by atoms with E-state index in [4.69, 9.17) is 0 Å². The molecule has 1 heterocycles. The van der Waals surface area contributed by atoms with Crippen LogP contribution in [0.1, 0.15) is 21.6 Å². The number of ether oxygens (including phenoxy) is 1. The van der Waals surface area contributed by atoms with Crippen LogP contribution in [0.3, 0.4) is 0 Å². The zero-order valence-electron chi connectivity index (χ0n) is 12.0. The van der Waals surface area contributed by atoms with E-state index < -0.39 is 0 Å². The lowest BCUT2D eigenvalue weighted by atomic mass is 10.2. The minimum atomic E-state index is -0.365. The molecule has 2 rings (SSSR count). The fourth-order valence-corrected chi connectivity index (χ4v) is 1.89. The molecule has 0 bridgehead atoms. The summed E-state index contributed by atoms with van der Waals surface area (Å²) < 4.78 is 4.65. The first-order chi connectivity index (χ1) is 9.60. The van der Waals surface area contributed by atoms with E-state index in [1.807, 2.05) is 13.1 Å². The number of carbonyl (C=O) groups is 1. The van der Waals surface area contributed by atoms with Crippen LogP contribution >= 0.6 is 0 Å². The topological polar surface area (TPSA) is 42.4 Å². The molecule has 0 aliphatic carbocycles. The molecule has 0 N–H and O–H groups in total. The molecule has 20 heavy (non-hydrogen) atoms. The van der Waals surface area contributed by atoms with Crippen molar-refractivity contribution < 1.29 is 9.53 Å². The van der Waals surface area contributed by atoms with Gasteiger partial charge in [-0.1, -0.05) is 17.7 Å². The van der Waals surface area contributed by atoms with Gasteiger partial charge in [0, 0.05) is 18.9 Å². The third-order valence-corrected chi connectivity index (χ3v) is 3.12. The monoisotopic (exact) mass is 270 g/mol. The third-order valence-electron chi connectivity index (χ3n) is 3.12. The molecule has 0 saturated heterocycles. The first-order valence-electron chi connectivity index (χ1n) is 6.41. The standard InChI is InChI=1S/C16H18N2O2/c1-12-4-8-15(9-5-12)18(2)11-14-7-6-13(10-17-14)16(19)20-3/h4-10H,11H2,1-3H3. The lowest BCUT2D eigenvalue weighted by Gasteiger charge is -2.19. The number of methoxy groups -OCH3 is 1. The molecule has 0 aliphatic heterocycles. The van der Waals surface area contributed by atoms with Crippen molar-refractivity contribution in [3.63, 3.8) is 0 Å². The van der Waals surface area contributed by atoms with Gasteiger partial charge in [-0.3, -0.25) is 4.98 Å². The van der Waals surface area contributed by atoms with E-state index in [2.05, 4.69) is 45.8 Å². The summed E-state index contributed by atoms with van der Waals surface area (Å²) >= 11 is 0. The Morgan fingerprint density at radius 2 is 1.90 bits per heavy atom. The van der Waals surface area contributed by atoms with E-state index >= 15 is 0 Å². The average Bonchev–Trinajstić information content (AvgIpc) is 2.48. The van der Waals surface area contributed by atoms with Crippen LogP contribution in [-0.2, 0) is 11.3 Å². The van der Waals surface area contributed by atoms with Gasteiger partial charge in [0.2, 0.25) is 0 Å². The molecular weight excluding hydrogens is 252 g/mol. The molecule has 104 valence electrons. The highest BCUT2D eigenvalue weighted by Gasteiger charge is 2.07. The van der Waals surface area contributed by atoms with Gasteiger partial charge in [0.25, 0.3) is 0 Å². The molecule has 0 spiro atoms. The molecular formula is C16H18N2O2. The highest BCUT2D eigenvalue weighted by molar-refractivity contribution is 5.88. The van der Waals surface area contributed by atoms with Crippen molar-refractivity contribution in [2.75, 3.05) is 19.1 Å². The quantitative estimate of drug-likeness (QED) is 0.801. The summed E-state index contributed by atoms with van der Waals surface area (Å²) in [5.74, 6) is -0.365. The number of hydrogen-bond donors (Lipinski definition) is 0. The predicted molar refractivity (Wildman–Crippen MR) is 78.9 cm³/mol. The van der Waals surface area contributed by atoms with Crippen LogP contribution in [0.5, 0.6) is 0 Å². The van der Waals surface area contributed by atoms with Crippen molar-refractivity contribution in [3.05, 3.63) is 59.4 Å². The van der Waals surface area contributed by atoms with Gasteiger partial charge in [-0.2, -0.15) is 0 Å². The van der Waals surface area contributed by atoms with Crippen LogP contribution < -0.4 is 4.90 Å². The Hall–Kier alpha value is -2.36. The van der Waals surface area contributed by atoms with Gasteiger partial charge in [-0.25, -0.2) is 4.79 Å². The first-order valence-corrected chi connectivity index (χ1v) is 6.41. The lowest BCUT2D eigenvalue weighted by Crippen LogP contribution is -2.17. The van der Waals surface area contributed by atoms with E-state index in [9.17, 15) is 4.79 Å². The number of pyridine rings is 1. The van der Waals surface area contributed by atoms with Crippen molar-refractivity contribution >= 4 is 11.7 Å². The van der Waals surface area contributed by atoms with Crippen molar-refractivity contribution in [2.45, 2.75) is 13.5 Å². The molecule has 0 fully saturated rings. The second-order valence-electron chi connectivity index (χ2n) is 4.72. The molecule has 2 aromatic rings. The summed E-state index contributed by atoms with van der Waals surface area (Å²) in [5.41, 5.74) is 3.74. The Morgan fingerprint density at radius 1 is 1.20 bits per heavy atom. The van der Waals surface area contributed by atoms with E-state index in [0.717, 1.165) is 11.4 Å². The van der Waals surface area contributed by atoms with E-state index in [0.29, 0.717) is 12.1 Å². The third kappa shape index (κ3) is 3.35. The second kappa shape index (κ2) is 6.19. The van der Waals surface area contributed by atoms with Crippen LogP contribution in [0.4, 0.5) is 5.69 Å². The summed E-state index contributed by atoms with van der Waals surface area (Å²) in [7, 11) is 3.38. The van der Waals surface area contributed by atoms with Gasteiger partial charge in [-0.05, 0) is 31.2 Å². The summed E-state index contributed by atoms with van der Waals surface area (Å²) in [5, 5.41) is 0. The number of carbonyl (C=O) groups excluding carboxylic acids is 1. The minimum absolute atomic E-state index is 0.365. The average molecular weight is 270 g/mol. The van der Waals surface area contributed by atoms with Crippen molar-refractivity contribution in [2.24, 2.45) is 0 Å². The summed E-state index contributed by atoms with van der Waals surface area (Å²) in [4.78, 5) is 17.7. The van der Waals surface area contributed by atoms with Gasteiger partial charge in [0.15, 0.2) is 0 Å². The molecule has 4 nitrogen and oxygen atoms in total. The van der Waals surface area contributed by atoms with E-state index in [-0.39, 0.29) is 5.97 Å². The van der Waals surface area contributed by atoms with E-state index in [1.54, 1.807) is 12.3 Å². The fourth-order valence-electron chi connectivity index (χ4n) is 1.89. The molecule has 0 radical (unpaired) electrons. The molecule has 4 heteroatoms. The zero-order chi connectivity index (χ0) is 14.5. The summed E-state index contributed by atoms with van der Waals surface area (Å²) in [6.07, 6.45) is 1.55. The van der Waals surface area contributed by atoms with Gasteiger partial charge in [0.1, 0.15) is 0 Å².